The maximum absolute atomic E-state index is 13.5. The maximum atomic E-state index is 13.5. The van der Waals surface area contributed by atoms with Crippen LogP contribution in [0.5, 0.6) is 0 Å². The van der Waals surface area contributed by atoms with Gasteiger partial charge in [-0.3, -0.25) is 9.69 Å². The molecule has 0 spiro atoms. The van der Waals surface area contributed by atoms with E-state index in [-0.39, 0.29) is 11.8 Å². The monoisotopic (exact) mass is 413 g/mol. The molecule has 1 aliphatic carbocycles. The van der Waals surface area contributed by atoms with Crippen LogP contribution >= 0.6 is 0 Å². The first kappa shape index (κ1) is 19.7. The van der Waals surface area contributed by atoms with E-state index in [0.717, 1.165) is 55.8 Å². The van der Waals surface area contributed by atoms with Crippen LogP contribution in [0.2, 0.25) is 0 Å². The highest BCUT2D eigenvalue weighted by atomic mass is 16.2. The van der Waals surface area contributed by atoms with Crippen molar-refractivity contribution in [2.24, 2.45) is 5.92 Å². The van der Waals surface area contributed by atoms with E-state index in [4.69, 9.17) is 0 Å². The molecule has 0 atom stereocenters. The van der Waals surface area contributed by atoms with Crippen LogP contribution in [0.1, 0.15) is 36.1 Å². The Morgan fingerprint density at radius 2 is 1.81 bits per heavy atom. The van der Waals surface area contributed by atoms with E-state index in [1.165, 1.54) is 12.0 Å². The van der Waals surface area contributed by atoms with Crippen LogP contribution in [0, 0.1) is 5.92 Å². The van der Waals surface area contributed by atoms with Crippen LogP contribution in [-0.4, -0.2) is 34.2 Å². The van der Waals surface area contributed by atoms with Crippen molar-refractivity contribution in [1.82, 2.24) is 15.2 Å². The van der Waals surface area contributed by atoms with Crippen molar-refractivity contribution < 1.29 is 4.79 Å². The summed E-state index contributed by atoms with van der Waals surface area (Å²) in [4.78, 5) is 22.1. The topological polar surface area (TPSA) is 62.2 Å². The summed E-state index contributed by atoms with van der Waals surface area (Å²) in [5.74, 6) is 1.81. The molecule has 2 aromatic heterocycles. The molecule has 3 aromatic rings. The number of pyridine rings is 1. The Kier molecular flexibility index (Phi) is 5.61. The Balaban J connectivity index is 1.29. The molecule has 1 aromatic carbocycles. The number of hydrogen-bond acceptors (Lipinski definition) is 5. The lowest BCUT2D eigenvalue weighted by Crippen LogP contribution is -2.43. The van der Waals surface area contributed by atoms with Gasteiger partial charge in [0.25, 0.3) is 0 Å². The number of aromatic nitrogens is 3. The van der Waals surface area contributed by atoms with Crippen LogP contribution in [0.15, 0.2) is 60.8 Å². The van der Waals surface area contributed by atoms with Crippen LogP contribution in [-0.2, 0) is 24.2 Å². The molecule has 1 amide bonds. The first-order valence-electron chi connectivity index (χ1n) is 11.1. The summed E-state index contributed by atoms with van der Waals surface area (Å²) in [5.41, 5.74) is 3.60. The number of hydrogen-bond donors (Lipinski definition) is 0. The van der Waals surface area contributed by atoms with Gasteiger partial charge in [0.1, 0.15) is 5.82 Å². The van der Waals surface area contributed by atoms with Gasteiger partial charge in [0, 0.05) is 25.2 Å². The van der Waals surface area contributed by atoms with Gasteiger partial charge in [-0.2, -0.15) is 5.10 Å². The zero-order valence-corrected chi connectivity index (χ0v) is 17.7. The van der Waals surface area contributed by atoms with Crippen molar-refractivity contribution in [3.8, 4) is 0 Å². The highest BCUT2D eigenvalue weighted by molar-refractivity contribution is 5.94. The van der Waals surface area contributed by atoms with E-state index >= 15 is 0 Å². The van der Waals surface area contributed by atoms with Crippen LogP contribution in [0.4, 0.5) is 11.6 Å². The van der Waals surface area contributed by atoms with E-state index < -0.39 is 0 Å². The molecule has 0 N–H and O–H groups in total. The number of piperidine rings is 1. The molecule has 1 saturated heterocycles. The van der Waals surface area contributed by atoms with E-state index in [1.807, 2.05) is 41.3 Å². The van der Waals surface area contributed by atoms with Crippen molar-refractivity contribution in [1.29, 1.82) is 0 Å². The third kappa shape index (κ3) is 4.29. The van der Waals surface area contributed by atoms with Gasteiger partial charge in [-0.25, -0.2) is 4.98 Å². The number of rotatable bonds is 5. The van der Waals surface area contributed by atoms with Crippen molar-refractivity contribution in [3.05, 3.63) is 77.6 Å². The Morgan fingerprint density at radius 1 is 1.00 bits per heavy atom. The SMILES string of the molecule is O=C(C1CCN(c2cc3c(nn2)CCC3)CC1)N(Cc1ccccc1)c1ccccn1. The third-order valence-electron chi connectivity index (χ3n) is 6.35. The molecule has 0 saturated carbocycles. The van der Waals surface area contributed by atoms with Crippen molar-refractivity contribution >= 4 is 17.5 Å². The molecule has 2 aliphatic rings. The Morgan fingerprint density at radius 3 is 2.58 bits per heavy atom. The largest absolute Gasteiger partial charge is 0.355 e. The number of benzene rings is 1. The first-order valence-corrected chi connectivity index (χ1v) is 11.1. The quantitative estimate of drug-likeness (QED) is 0.637. The van der Waals surface area contributed by atoms with Crippen LogP contribution in [0.25, 0.3) is 0 Å². The molecule has 0 unspecified atom stereocenters. The number of carbonyl (C=O) groups excluding carboxylic acids is 1. The second kappa shape index (κ2) is 8.84. The first-order chi connectivity index (χ1) is 15.3. The van der Waals surface area contributed by atoms with Gasteiger partial charge >= 0.3 is 0 Å². The Bertz CT molecular complexity index is 1030. The highest BCUT2D eigenvalue weighted by Crippen LogP contribution is 2.28. The van der Waals surface area contributed by atoms with E-state index in [2.05, 4.69) is 38.3 Å². The number of nitrogens with zero attached hydrogens (tertiary/aromatic N) is 5. The standard InChI is InChI=1S/C25H27N5O/c31-25(30(23-11-4-5-14-26-23)18-19-7-2-1-3-8-19)20-12-15-29(16-13-20)24-17-21-9-6-10-22(21)27-28-24/h1-5,7-8,11,14,17,20H,6,9-10,12-13,15-16,18H2. The molecular weight excluding hydrogens is 386 g/mol. The van der Waals surface area contributed by atoms with Crippen molar-refractivity contribution in [2.45, 2.75) is 38.6 Å². The number of aryl methyl sites for hydroxylation is 2. The lowest BCUT2D eigenvalue weighted by Gasteiger charge is -2.34. The number of anilines is 2. The number of carbonyl (C=O) groups is 1. The second-order valence-electron chi connectivity index (χ2n) is 8.39. The van der Waals surface area contributed by atoms with E-state index in [9.17, 15) is 4.79 Å². The minimum atomic E-state index is -0.00986. The molecule has 158 valence electrons. The normalized spacial score (nSPS) is 16.2. The molecule has 5 rings (SSSR count). The van der Waals surface area contributed by atoms with Gasteiger partial charge in [-0.1, -0.05) is 36.4 Å². The van der Waals surface area contributed by atoms with Crippen molar-refractivity contribution in [3.63, 3.8) is 0 Å². The fourth-order valence-electron chi connectivity index (χ4n) is 4.60. The lowest BCUT2D eigenvalue weighted by molar-refractivity contribution is -0.123. The Labute approximate surface area is 182 Å². The van der Waals surface area contributed by atoms with E-state index in [1.54, 1.807) is 6.20 Å². The summed E-state index contributed by atoms with van der Waals surface area (Å²) in [6, 6.07) is 18.0. The molecule has 6 heteroatoms. The summed E-state index contributed by atoms with van der Waals surface area (Å²) in [6.45, 7) is 2.18. The van der Waals surface area contributed by atoms with Crippen molar-refractivity contribution in [2.75, 3.05) is 22.9 Å². The number of amides is 1. The summed E-state index contributed by atoms with van der Waals surface area (Å²) in [7, 11) is 0. The maximum Gasteiger partial charge on any atom is 0.231 e. The summed E-state index contributed by atoms with van der Waals surface area (Å²) in [5, 5.41) is 8.88. The third-order valence-corrected chi connectivity index (χ3v) is 6.35. The van der Waals surface area contributed by atoms with Gasteiger partial charge < -0.3 is 4.90 Å². The van der Waals surface area contributed by atoms with E-state index in [0.29, 0.717) is 12.4 Å². The fourth-order valence-corrected chi connectivity index (χ4v) is 4.60. The summed E-state index contributed by atoms with van der Waals surface area (Å²) in [6.07, 6.45) is 6.70. The second-order valence-corrected chi connectivity index (χ2v) is 8.39. The smallest absolute Gasteiger partial charge is 0.231 e. The molecule has 0 bridgehead atoms. The minimum absolute atomic E-state index is 0.00986. The fraction of sp³-hybridized carbons (Fsp3) is 0.360. The van der Waals surface area contributed by atoms with Crippen LogP contribution < -0.4 is 9.80 Å². The summed E-state index contributed by atoms with van der Waals surface area (Å²) < 4.78 is 0. The predicted octanol–water partition coefficient (Wildman–Crippen LogP) is 3.81. The minimum Gasteiger partial charge on any atom is -0.355 e. The summed E-state index contributed by atoms with van der Waals surface area (Å²) >= 11 is 0. The highest BCUT2D eigenvalue weighted by Gasteiger charge is 2.31. The van der Waals surface area contributed by atoms with Crippen LogP contribution in [0.3, 0.4) is 0 Å². The van der Waals surface area contributed by atoms with Gasteiger partial charge in [-0.05, 0) is 61.4 Å². The predicted molar refractivity (Wildman–Crippen MR) is 121 cm³/mol. The zero-order valence-electron chi connectivity index (χ0n) is 17.7. The molecular formula is C25H27N5O. The average molecular weight is 414 g/mol. The molecule has 0 radical (unpaired) electrons. The molecule has 6 nitrogen and oxygen atoms in total. The van der Waals surface area contributed by atoms with Gasteiger partial charge in [0.05, 0.1) is 12.2 Å². The van der Waals surface area contributed by atoms with Gasteiger partial charge in [0.15, 0.2) is 5.82 Å². The zero-order chi connectivity index (χ0) is 21.0. The number of fused-ring (bicyclic) bond motifs is 1. The Hall–Kier alpha value is -3.28. The van der Waals surface area contributed by atoms with Gasteiger partial charge in [-0.15, -0.1) is 5.10 Å². The molecule has 31 heavy (non-hydrogen) atoms. The average Bonchev–Trinajstić information content (AvgIpc) is 3.31. The molecule has 1 aliphatic heterocycles. The van der Waals surface area contributed by atoms with Gasteiger partial charge in [0.2, 0.25) is 5.91 Å². The molecule has 1 fully saturated rings. The lowest BCUT2D eigenvalue weighted by atomic mass is 9.95. The molecule has 3 heterocycles.